The van der Waals surface area contributed by atoms with Crippen molar-refractivity contribution in [3.05, 3.63) is 6.33 Å². The van der Waals surface area contributed by atoms with Gasteiger partial charge in [0.2, 0.25) is 0 Å². The number of hydrogen-bond acceptors (Lipinski definition) is 5. The lowest BCUT2D eigenvalue weighted by Crippen LogP contribution is -2.26. The summed E-state index contributed by atoms with van der Waals surface area (Å²) in [5.41, 5.74) is 1.82. The summed E-state index contributed by atoms with van der Waals surface area (Å²) >= 11 is 1.64. The molecule has 2 aromatic heterocycles. The Bertz CT molecular complexity index is 652. The lowest BCUT2D eigenvalue weighted by molar-refractivity contribution is 0.439. The molecule has 2 heterocycles. The van der Waals surface area contributed by atoms with Crippen molar-refractivity contribution in [3.8, 4) is 0 Å². The normalized spacial score (nSPS) is 28.4. The van der Waals surface area contributed by atoms with E-state index in [2.05, 4.69) is 20.3 Å². The SMILES string of the molecule is CSc1nc2c(NC3CC4CCC3C4)ncnc2n1C. The standard InChI is InChI=1S/C14H19N5S/c1-19-13-11(18-14(19)20-2)12(15-7-16-13)17-10-6-8-3-4-9(10)5-8/h7-10H,3-6H2,1-2H3,(H,15,16,17). The molecular weight excluding hydrogens is 270 g/mol. The highest BCUT2D eigenvalue weighted by Gasteiger charge is 2.39. The van der Waals surface area contributed by atoms with Gasteiger partial charge in [0, 0.05) is 13.1 Å². The van der Waals surface area contributed by atoms with Gasteiger partial charge in [0.1, 0.15) is 6.33 Å². The predicted molar refractivity (Wildman–Crippen MR) is 80.9 cm³/mol. The second-order valence-corrected chi connectivity index (χ2v) is 6.75. The summed E-state index contributed by atoms with van der Waals surface area (Å²) in [6, 6.07) is 0.576. The van der Waals surface area contributed by atoms with Gasteiger partial charge in [-0.2, -0.15) is 0 Å². The molecule has 0 radical (unpaired) electrons. The van der Waals surface area contributed by atoms with E-state index in [4.69, 9.17) is 0 Å². The number of rotatable bonds is 3. The van der Waals surface area contributed by atoms with Crippen LogP contribution in [0.5, 0.6) is 0 Å². The molecule has 0 amide bonds. The van der Waals surface area contributed by atoms with Crippen molar-refractivity contribution in [1.29, 1.82) is 0 Å². The molecule has 106 valence electrons. The van der Waals surface area contributed by atoms with Gasteiger partial charge >= 0.3 is 0 Å². The molecule has 5 nitrogen and oxygen atoms in total. The van der Waals surface area contributed by atoms with Crippen LogP contribution in [0.2, 0.25) is 0 Å². The lowest BCUT2D eigenvalue weighted by atomic mass is 9.95. The zero-order valence-corrected chi connectivity index (χ0v) is 12.7. The van der Waals surface area contributed by atoms with Crippen molar-refractivity contribution in [3.63, 3.8) is 0 Å². The molecule has 0 saturated heterocycles. The predicted octanol–water partition coefficient (Wildman–Crippen LogP) is 2.69. The maximum absolute atomic E-state index is 4.67. The van der Waals surface area contributed by atoms with Gasteiger partial charge in [-0.3, -0.25) is 0 Å². The first kappa shape index (κ1) is 12.4. The van der Waals surface area contributed by atoms with Crippen LogP contribution >= 0.6 is 11.8 Å². The summed E-state index contributed by atoms with van der Waals surface area (Å²) in [5.74, 6) is 2.66. The van der Waals surface area contributed by atoms with Crippen LogP contribution in [-0.4, -0.2) is 31.8 Å². The van der Waals surface area contributed by atoms with Gasteiger partial charge in [-0.1, -0.05) is 18.2 Å². The van der Waals surface area contributed by atoms with E-state index >= 15 is 0 Å². The van der Waals surface area contributed by atoms with Crippen LogP contribution in [0.1, 0.15) is 25.7 Å². The average molecular weight is 289 g/mol. The highest BCUT2D eigenvalue weighted by Crippen LogP contribution is 2.45. The molecule has 3 atom stereocenters. The first-order valence-corrected chi connectivity index (χ1v) is 8.46. The maximum atomic E-state index is 4.67. The van der Waals surface area contributed by atoms with E-state index in [0.29, 0.717) is 6.04 Å². The molecule has 4 rings (SSSR count). The molecule has 2 aliphatic rings. The molecule has 0 aliphatic heterocycles. The molecule has 3 unspecified atom stereocenters. The van der Waals surface area contributed by atoms with E-state index in [1.54, 1.807) is 18.1 Å². The number of thioether (sulfide) groups is 1. The van der Waals surface area contributed by atoms with Gasteiger partial charge < -0.3 is 9.88 Å². The van der Waals surface area contributed by atoms with Crippen molar-refractivity contribution < 1.29 is 0 Å². The molecule has 2 saturated carbocycles. The zero-order valence-electron chi connectivity index (χ0n) is 11.8. The minimum Gasteiger partial charge on any atom is -0.365 e. The number of nitrogens with one attached hydrogen (secondary N) is 1. The fraction of sp³-hybridized carbons (Fsp3) is 0.643. The minimum atomic E-state index is 0.576. The second-order valence-electron chi connectivity index (χ2n) is 5.98. The van der Waals surface area contributed by atoms with Crippen molar-refractivity contribution in [1.82, 2.24) is 19.5 Å². The summed E-state index contributed by atoms with van der Waals surface area (Å²) in [6.07, 6.45) is 9.15. The largest absolute Gasteiger partial charge is 0.365 e. The quantitative estimate of drug-likeness (QED) is 0.880. The molecule has 2 fully saturated rings. The van der Waals surface area contributed by atoms with E-state index in [0.717, 1.165) is 34.0 Å². The first-order valence-electron chi connectivity index (χ1n) is 7.24. The van der Waals surface area contributed by atoms with E-state index in [1.807, 2.05) is 17.9 Å². The molecule has 0 spiro atoms. The summed E-state index contributed by atoms with van der Waals surface area (Å²) in [6.45, 7) is 0. The van der Waals surface area contributed by atoms with Gasteiger partial charge in [0.25, 0.3) is 0 Å². The Labute approximate surface area is 122 Å². The number of hydrogen-bond donors (Lipinski definition) is 1. The van der Waals surface area contributed by atoms with Crippen LogP contribution in [-0.2, 0) is 7.05 Å². The highest BCUT2D eigenvalue weighted by molar-refractivity contribution is 7.98. The van der Waals surface area contributed by atoms with Gasteiger partial charge in [0.15, 0.2) is 22.1 Å². The number of imidazole rings is 1. The van der Waals surface area contributed by atoms with E-state index in [-0.39, 0.29) is 0 Å². The van der Waals surface area contributed by atoms with Crippen LogP contribution in [0.3, 0.4) is 0 Å². The van der Waals surface area contributed by atoms with Crippen LogP contribution in [0.25, 0.3) is 11.2 Å². The third kappa shape index (κ3) is 1.81. The molecule has 2 aromatic rings. The van der Waals surface area contributed by atoms with E-state index in [1.165, 1.54) is 25.7 Å². The number of nitrogens with zero attached hydrogens (tertiary/aromatic N) is 4. The van der Waals surface area contributed by atoms with Crippen molar-refractivity contribution in [2.24, 2.45) is 18.9 Å². The van der Waals surface area contributed by atoms with Gasteiger partial charge in [-0.15, -0.1) is 0 Å². The van der Waals surface area contributed by atoms with Crippen LogP contribution in [0, 0.1) is 11.8 Å². The van der Waals surface area contributed by atoms with Crippen molar-refractivity contribution in [2.75, 3.05) is 11.6 Å². The third-order valence-corrected chi connectivity index (χ3v) is 5.59. The Morgan fingerprint density at radius 3 is 2.90 bits per heavy atom. The van der Waals surface area contributed by atoms with Crippen molar-refractivity contribution >= 4 is 28.7 Å². The summed E-state index contributed by atoms with van der Waals surface area (Å²) in [4.78, 5) is 13.5. The summed E-state index contributed by atoms with van der Waals surface area (Å²) in [7, 11) is 2.01. The Morgan fingerprint density at radius 2 is 2.20 bits per heavy atom. The first-order chi connectivity index (χ1) is 9.76. The van der Waals surface area contributed by atoms with Crippen LogP contribution < -0.4 is 5.32 Å². The Hall–Kier alpha value is -1.30. The Balaban J connectivity index is 1.69. The molecular formula is C14H19N5S. The summed E-state index contributed by atoms with van der Waals surface area (Å²) in [5, 5.41) is 4.63. The molecule has 0 aromatic carbocycles. The summed E-state index contributed by atoms with van der Waals surface area (Å²) < 4.78 is 2.04. The smallest absolute Gasteiger partial charge is 0.169 e. The topological polar surface area (TPSA) is 55.6 Å². The Kier molecular flexibility index (Phi) is 2.87. The van der Waals surface area contributed by atoms with Gasteiger partial charge in [-0.25, -0.2) is 15.0 Å². The average Bonchev–Trinajstić information content (AvgIpc) is 3.14. The molecule has 2 aliphatic carbocycles. The van der Waals surface area contributed by atoms with Crippen LogP contribution in [0.15, 0.2) is 11.5 Å². The number of anilines is 1. The van der Waals surface area contributed by atoms with Gasteiger partial charge in [0.05, 0.1) is 0 Å². The zero-order chi connectivity index (χ0) is 13.7. The number of aromatic nitrogens is 4. The lowest BCUT2D eigenvalue weighted by Gasteiger charge is -2.23. The monoisotopic (exact) mass is 289 g/mol. The maximum Gasteiger partial charge on any atom is 0.169 e. The van der Waals surface area contributed by atoms with Crippen LogP contribution in [0.4, 0.5) is 5.82 Å². The fourth-order valence-electron chi connectivity index (χ4n) is 3.86. The molecule has 6 heteroatoms. The highest BCUT2D eigenvalue weighted by atomic mass is 32.2. The Morgan fingerprint density at radius 1 is 1.30 bits per heavy atom. The molecule has 2 bridgehead atoms. The molecule has 20 heavy (non-hydrogen) atoms. The number of fused-ring (bicyclic) bond motifs is 3. The number of aryl methyl sites for hydroxylation is 1. The van der Waals surface area contributed by atoms with E-state index < -0.39 is 0 Å². The minimum absolute atomic E-state index is 0.576. The van der Waals surface area contributed by atoms with Crippen molar-refractivity contribution in [2.45, 2.75) is 36.9 Å². The van der Waals surface area contributed by atoms with Gasteiger partial charge in [-0.05, 0) is 37.4 Å². The fourth-order valence-corrected chi connectivity index (χ4v) is 4.41. The second kappa shape index (κ2) is 4.62. The molecule has 1 N–H and O–H groups in total. The third-order valence-electron chi connectivity index (χ3n) is 4.86. The van der Waals surface area contributed by atoms with E-state index in [9.17, 15) is 0 Å².